The van der Waals surface area contributed by atoms with Crippen LogP contribution in [0.2, 0.25) is 0 Å². The topological polar surface area (TPSA) is 105 Å². The fourth-order valence-electron chi connectivity index (χ4n) is 2.20. The van der Waals surface area contributed by atoms with Crippen molar-refractivity contribution in [3.8, 4) is 0 Å². The van der Waals surface area contributed by atoms with Gasteiger partial charge in [0.05, 0.1) is 13.2 Å². The number of aliphatic carboxylic acids is 1. The lowest BCUT2D eigenvalue weighted by atomic mass is 10.1. The average molecular weight is 362 g/mol. The molecule has 2 amide bonds. The number of amides is 2. The van der Waals surface area contributed by atoms with Gasteiger partial charge in [-0.2, -0.15) is 0 Å². The van der Waals surface area contributed by atoms with E-state index in [0.717, 1.165) is 0 Å². The van der Waals surface area contributed by atoms with Crippen LogP contribution in [0.25, 0.3) is 0 Å². The first-order valence-corrected chi connectivity index (χ1v) is 8.37. The van der Waals surface area contributed by atoms with Crippen LogP contribution in [-0.2, 0) is 14.3 Å². The molecule has 1 aromatic rings. The standard InChI is InChI=1S/C19H26N2O5/c1-5-8-26-11-16(19(24)25)21-18(23)14-6-7-15(13(4)10-14)20-17(22)9-12(2)3/h5-7,10,12,16H,1,8-9,11H2,2-4H3,(H,20,22)(H,21,23)(H,24,25). The highest BCUT2D eigenvalue weighted by atomic mass is 16.5. The summed E-state index contributed by atoms with van der Waals surface area (Å²) in [6.45, 7) is 9.20. The molecular formula is C19H26N2O5. The molecule has 26 heavy (non-hydrogen) atoms. The second-order valence-electron chi connectivity index (χ2n) is 6.37. The number of carboxylic acid groups (broad SMARTS) is 1. The maximum atomic E-state index is 12.3. The lowest BCUT2D eigenvalue weighted by Gasteiger charge is -2.15. The number of anilines is 1. The van der Waals surface area contributed by atoms with Gasteiger partial charge in [-0.05, 0) is 36.6 Å². The van der Waals surface area contributed by atoms with Crippen LogP contribution in [0, 0.1) is 12.8 Å². The number of carboxylic acids is 1. The second kappa shape index (κ2) is 10.4. The molecule has 0 spiro atoms. The first-order valence-electron chi connectivity index (χ1n) is 8.37. The summed E-state index contributed by atoms with van der Waals surface area (Å²) in [5.74, 6) is -1.55. The number of nitrogens with one attached hydrogen (secondary N) is 2. The molecule has 0 aliphatic heterocycles. The first kappa shape index (κ1) is 21.4. The Hall–Kier alpha value is -2.67. The number of hydrogen-bond acceptors (Lipinski definition) is 4. The number of aryl methyl sites for hydroxylation is 1. The van der Waals surface area contributed by atoms with E-state index in [1.807, 2.05) is 13.8 Å². The van der Waals surface area contributed by atoms with E-state index in [1.165, 1.54) is 12.1 Å². The van der Waals surface area contributed by atoms with E-state index in [9.17, 15) is 19.5 Å². The van der Waals surface area contributed by atoms with Crippen molar-refractivity contribution in [1.29, 1.82) is 0 Å². The second-order valence-corrected chi connectivity index (χ2v) is 6.37. The van der Waals surface area contributed by atoms with E-state index in [-0.39, 0.29) is 25.0 Å². The van der Waals surface area contributed by atoms with Crippen molar-refractivity contribution >= 4 is 23.5 Å². The van der Waals surface area contributed by atoms with Crippen LogP contribution in [0.5, 0.6) is 0 Å². The highest BCUT2D eigenvalue weighted by Crippen LogP contribution is 2.17. The zero-order valence-corrected chi connectivity index (χ0v) is 15.4. The van der Waals surface area contributed by atoms with Crippen LogP contribution >= 0.6 is 0 Å². The number of carbonyl (C=O) groups is 3. The number of hydrogen-bond donors (Lipinski definition) is 3. The maximum Gasteiger partial charge on any atom is 0.328 e. The molecular weight excluding hydrogens is 336 g/mol. The molecule has 1 aromatic carbocycles. The third-order valence-corrected chi connectivity index (χ3v) is 3.48. The number of carbonyl (C=O) groups excluding carboxylic acids is 2. The molecule has 7 nitrogen and oxygen atoms in total. The molecule has 7 heteroatoms. The predicted molar refractivity (Wildman–Crippen MR) is 99.2 cm³/mol. The molecule has 1 atom stereocenters. The minimum Gasteiger partial charge on any atom is -0.480 e. The zero-order chi connectivity index (χ0) is 19.7. The molecule has 0 fully saturated rings. The molecule has 3 N–H and O–H groups in total. The van der Waals surface area contributed by atoms with Gasteiger partial charge in [-0.15, -0.1) is 6.58 Å². The Labute approximate surface area is 153 Å². The lowest BCUT2D eigenvalue weighted by Crippen LogP contribution is -2.44. The van der Waals surface area contributed by atoms with Gasteiger partial charge in [-0.1, -0.05) is 19.9 Å². The van der Waals surface area contributed by atoms with Crippen molar-refractivity contribution in [2.75, 3.05) is 18.5 Å². The summed E-state index contributed by atoms with van der Waals surface area (Å²) in [5, 5.41) is 14.4. The summed E-state index contributed by atoms with van der Waals surface area (Å²) >= 11 is 0. The summed E-state index contributed by atoms with van der Waals surface area (Å²) in [7, 11) is 0. The molecule has 0 aliphatic carbocycles. The number of benzene rings is 1. The lowest BCUT2D eigenvalue weighted by molar-refractivity contribution is -0.140. The Kier molecular flexibility index (Phi) is 8.51. The molecule has 0 saturated heterocycles. The Bertz CT molecular complexity index is 670. The first-order chi connectivity index (χ1) is 12.2. The highest BCUT2D eigenvalue weighted by Gasteiger charge is 2.21. The Morgan fingerprint density at radius 3 is 2.54 bits per heavy atom. The predicted octanol–water partition coefficient (Wildman–Crippen LogP) is 2.37. The third kappa shape index (κ3) is 7.06. The van der Waals surface area contributed by atoms with Gasteiger partial charge >= 0.3 is 5.97 Å². The molecule has 0 radical (unpaired) electrons. The van der Waals surface area contributed by atoms with Crippen molar-refractivity contribution in [2.24, 2.45) is 5.92 Å². The molecule has 0 saturated carbocycles. The van der Waals surface area contributed by atoms with Gasteiger partial charge in [0.15, 0.2) is 6.04 Å². The summed E-state index contributed by atoms with van der Waals surface area (Å²) < 4.78 is 5.10. The van der Waals surface area contributed by atoms with Crippen molar-refractivity contribution in [1.82, 2.24) is 5.32 Å². The SMILES string of the molecule is C=CCOCC(NC(=O)c1ccc(NC(=O)CC(C)C)c(C)c1)C(=O)O. The summed E-state index contributed by atoms with van der Waals surface area (Å²) in [4.78, 5) is 35.4. The normalized spacial score (nSPS) is 11.7. The van der Waals surface area contributed by atoms with Gasteiger partial charge in [0.2, 0.25) is 5.91 Å². The average Bonchev–Trinajstić information content (AvgIpc) is 2.54. The monoisotopic (exact) mass is 362 g/mol. The fraction of sp³-hybridized carbons (Fsp3) is 0.421. The van der Waals surface area contributed by atoms with Gasteiger partial charge in [-0.3, -0.25) is 9.59 Å². The molecule has 1 unspecified atom stereocenters. The molecule has 0 aliphatic rings. The van der Waals surface area contributed by atoms with Crippen molar-refractivity contribution in [2.45, 2.75) is 33.2 Å². The van der Waals surface area contributed by atoms with E-state index in [0.29, 0.717) is 23.2 Å². The summed E-state index contributed by atoms with van der Waals surface area (Å²) in [6.07, 6.45) is 1.91. The van der Waals surface area contributed by atoms with Crippen LogP contribution < -0.4 is 10.6 Å². The quantitative estimate of drug-likeness (QED) is 0.438. The Balaban J connectivity index is 2.77. The van der Waals surface area contributed by atoms with E-state index < -0.39 is 17.9 Å². The Morgan fingerprint density at radius 1 is 1.31 bits per heavy atom. The van der Waals surface area contributed by atoms with Crippen LogP contribution in [0.15, 0.2) is 30.9 Å². The van der Waals surface area contributed by atoms with Crippen molar-refractivity contribution in [3.63, 3.8) is 0 Å². The third-order valence-electron chi connectivity index (χ3n) is 3.48. The van der Waals surface area contributed by atoms with Crippen LogP contribution in [0.1, 0.15) is 36.2 Å². The van der Waals surface area contributed by atoms with Crippen molar-refractivity contribution in [3.05, 3.63) is 42.0 Å². The van der Waals surface area contributed by atoms with Crippen molar-refractivity contribution < 1.29 is 24.2 Å². The highest BCUT2D eigenvalue weighted by molar-refractivity contribution is 5.98. The molecule has 142 valence electrons. The van der Waals surface area contributed by atoms with Crippen LogP contribution in [-0.4, -0.2) is 42.1 Å². The molecule has 0 bridgehead atoms. The Morgan fingerprint density at radius 2 is 2.00 bits per heavy atom. The number of rotatable bonds is 10. The molecule has 0 heterocycles. The molecule has 1 rings (SSSR count). The van der Waals surface area contributed by atoms with E-state index in [4.69, 9.17) is 4.74 Å². The van der Waals surface area contributed by atoms with Gasteiger partial charge in [0.1, 0.15) is 0 Å². The minimum atomic E-state index is -1.18. The fourth-order valence-corrected chi connectivity index (χ4v) is 2.20. The van der Waals surface area contributed by atoms with Gasteiger partial charge in [-0.25, -0.2) is 4.79 Å². The minimum absolute atomic E-state index is 0.0920. The van der Waals surface area contributed by atoms with E-state index in [1.54, 1.807) is 19.1 Å². The van der Waals surface area contributed by atoms with Crippen LogP contribution in [0.3, 0.4) is 0 Å². The van der Waals surface area contributed by atoms with Gasteiger partial charge in [0, 0.05) is 17.7 Å². The summed E-state index contributed by atoms with van der Waals surface area (Å²) in [6, 6.07) is 3.61. The smallest absolute Gasteiger partial charge is 0.328 e. The molecule has 0 aromatic heterocycles. The number of ether oxygens (including phenoxy) is 1. The van der Waals surface area contributed by atoms with Gasteiger partial charge in [0.25, 0.3) is 5.91 Å². The van der Waals surface area contributed by atoms with Crippen LogP contribution in [0.4, 0.5) is 5.69 Å². The maximum absolute atomic E-state index is 12.3. The summed E-state index contributed by atoms with van der Waals surface area (Å²) in [5.41, 5.74) is 1.64. The largest absolute Gasteiger partial charge is 0.480 e. The zero-order valence-electron chi connectivity index (χ0n) is 15.4. The van der Waals surface area contributed by atoms with Gasteiger partial charge < -0.3 is 20.5 Å². The van der Waals surface area contributed by atoms with E-state index in [2.05, 4.69) is 17.2 Å². The van der Waals surface area contributed by atoms with E-state index >= 15 is 0 Å².